The Bertz CT molecular complexity index is 585. The lowest BCUT2D eigenvalue weighted by Gasteiger charge is -2.31. The molecule has 3 rings (SSSR count). The van der Waals surface area contributed by atoms with Gasteiger partial charge in [-0.2, -0.15) is 0 Å². The summed E-state index contributed by atoms with van der Waals surface area (Å²) in [5, 5.41) is 12.1. The number of anilines is 1. The number of piperidine rings is 1. The minimum absolute atomic E-state index is 0.176. The van der Waals surface area contributed by atoms with E-state index in [2.05, 4.69) is 11.4 Å². The van der Waals surface area contributed by atoms with Crippen LogP contribution < -0.4 is 5.32 Å². The highest BCUT2D eigenvalue weighted by Crippen LogP contribution is 2.28. The Morgan fingerprint density at radius 1 is 1.18 bits per heavy atom. The fourth-order valence-electron chi connectivity index (χ4n) is 3.46. The van der Waals surface area contributed by atoms with Crippen LogP contribution in [-0.2, 0) is 17.6 Å². The van der Waals surface area contributed by atoms with Gasteiger partial charge in [0.15, 0.2) is 0 Å². The highest BCUT2D eigenvalue weighted by atomic mass is 16.4. The zero-order valence-corrected chi connectivity index (χ0v) is 12.7. The van der Waals surface area contributed by atoms with Gasteiger partial charge in [-0.25, -0.2) is 4.79 Å². The number of carbonyl (C=O) groups excluding carboxylic acids is 1. The maximum absolute atomic E-state index is 12.4. The highest BCUT2D eigenvalue weighted by molar-refractivity contribution is 5.91. The van der Waals surface area contributed by atoms with Crippen molar-refractivity contribution in [3.63, 3.8) is 0 Å². The minimum atomic E-state index is -0.811. The van der Waals surface area contributed by atoms with Crippen molar-refractivity contribution < 1.29 is 14.7 Å². The van der Waals surface area contributed by atoms with Gasteiger partial charge in [0.2, 0.25) is 0 Å². The summed E-state index contributed by atoms with van der Waals surface area (Å²) in [6.45, 7) is 0.931. The van der Waals surface area contributed by atoms with Gasteiger partial charge in [-0.05, 0) is 55.7 Å². The van der Waals surface area contributed by atoms with E-state index in [9.17, 15) is 9.59 Å². The molecule has 118 valence electrons. The molecule has 0 saturated carbocycles. The number of likely N-dealkylation sites (tertiary alicyclic amines) is 1. The molecule has 1 aliphatic carbocycles. The molecule has 0 spiro atoms. The van der Waals surface area contributed by atoms with Gasteiger partial charge in [-0.15, -0.1) is 0 Å². The molecule has 2 aliphatic rings. The van der Waals surface area contributed by atoms with Gasteiger partial charge >= 0.3 is 12.0 Å². The Hall–Kier alpha value is -2.04. The first-order chi connectivity index (χ1) is 10.6. The van der Waals surface area contributed by atoms with E-state index in [-0.39, 0.29) is 6.03 Å². The summed E-state index contributed by atoms with van der Waals surface area (Å²) < 4.78 is 0. The van der Waals surface area contributed by atoms with Crippen LogP contribution >= 0.6 is 0 Å². The lowest BCUT2D eigenvalue weighted by molar-refractivity contribution is -0.143. The molecule has 22 heavy (non-hydrogen) atoms. The van der Waals surface area contributed by atoms with Crippen LogP contribution in [0.3, 0.4) is 0 Å². The number of fused-ring (bicyclic) bond motifs is 1. The smallest absolute Gasteiger partial charge is 0.321 e. The molecule has 0 bridgehead atoms. The van der Waals surface area contributed by atoms with E-state index in [1.165, 1.54) is 17.5 Å². The molecule has 1 saturated heterocycles. The molecule has 1 aliphatic heterocycles. The fourth-order valence-corrected chi connectivity index (χ4v) is 3.46. The van der Waals surface area contributed by atoms with Crippen LogP contribution in [0.25, 0.3) is 0 Å². The van der Waals surface area contributed by atoms with Crippen LogP contribution in [0.5, 0.6) is 0 Å². The molecular weight excluding hydrogens is 280 g/mol. The van der Waals surface area contributed by atoms with Gasteiger partial charge in [-0.3, -0.25) is 4.79 Å². The Morgan fingerprint density at radius 3 is 2.82 bits per heavy atom. The van der Waals surface area contributed by atoms with Crippen molar-refractivity contribution in [3.8, 4) is 0 Å². The predicted octanol–water partition coefficient (Wildman–Crippen LogP) is 2.89. The second-order valence-corrected chi connectivity index (χ2v) is 6.20. The van der Waals surface area contributed by atoms with E-state index in [0.29, 0.717) is 19.5 Å². The molecule has 1 atom stereocenters. The number of carbonyl (C=O) groups is 2. The number of amides is 2. The van der Waals surface area contributed by atoms with Crippen LogP contribution in [0.2, 0.25) is 0 Å². The number of nitrogens with one attached hydrogen (secondary N) is 1. The maximum Gasteiger partial charge on any atom is 0.321 e. The second kappa shape index (κ2) is 6.38. The van der Waals surface area contributed by atoms with Gasteiger partial charge in [0.25, 0.3) is 0 Å². The molecular formula is C17H22N2O3. The van der Waals surface area contributed by atoms with E-state index in [4.69, 9.17) is 5.11 Å². The first kappa shape index (κ1) is 14.9. The third kappa shape index (κ3) is 3.08. The fraction of sp³-hybridized carbons (Fsp3) is 0.529. The molecule has 2 amide bonds. The summed E-state index contributed by atoms with van der Waals surface area (Å²) in [5.74, 6) is -1.25. The zero-order chi connectivity index (χ0) is 15.5. The average Bonchev–Trinajstić information content (AvgIpc) is 2.55. The number of nitrogens with zero attached hydrogens (tertiary/aromatic N) is 1. The molecule has 2 N–H and O–H groups in total. The van der Waals surface area contributed by atoms with Gasteiger partial charge in [0.1, 0.15) is 0 Å². The third-order valence-corrected chi connectivity index (χ3v) is 4.70. The van der Waals surface area contributed by atoms with E-state index in [0.717, 1.165) is 31.4 Å². The first-order valence-corrected chi connectivity index (χ1v) is 8.04. The number of aryl methyl sites for hydroxylation is 1. The van der Waals surface area contributed by atoms with Crippen molar-refractivity contribution >= 4 is 17.7 Å². The van der Waals surface area contributed by atoms with Gasteiger partial charge in [0, 0.05) is 18.8 Å². The number of carboxylic acid groups (broad SMARTS) is 1. The molecule has 1 unspecified atom stereocenters. The topological polar surface area (TPSA) is 69.6 Å². The number of hydrogen-bond acceptors (Lipinski definition) is 2. The maximum atomic E-state index is 12.4. The molecule has 0 aromatic heterocycles. The summed E-state index contributed by atoms with van der Waals surface area (Å²) in [5.41, 5.74) is 3.46. The number of hydrogen-bond donors (Lipinski definition) is 2. The summed E-state index contributed by atoms with van der Waals surface area (Å²) in [4.78, 5) is 25.2. The summed E-state index contributed by atoms with van der Waals surface area (Å²) in [6.07, 6.45) is 5.84. The van der Waals surface area contributed by atoms with Crippen molar-refractivity contribution in [2.24, 2.45) is 5.92 Å². The summed E-state index contributed by atoms with van der Waals surface area (Å²) in [7, 11) is 0. The largest absolute Gasteiger partial charge is 0.481 e. The van der Waals surface area contributed by atoms with E-state index in [1.807, 2.05) is 12.1 Å². The third-order valence-electron chi connectivity index (χ3n) is 4.70. The lowest BCUT2D eigenvalue weighted by Crippen LogP contribution is -2.44. The zero-order valence-electron chi connectivity index (χ0n) is 12.7. The minimum Gasteiger partial charge on any atom is -0.481 e. The van der Waals surface area contributed by atoms with Crippen molar-refractivity contribution in [2.45, 2.75) is 38.5 Å². The number of aliphatic carboxylic acids is 1. The van der Waals surface area contributed by atoms with Crippen LogP contribution in [0.15, 0.2) is 18.2 Å². The van der Waals surface area contributed by atoms with Gasteiger partial charge < -0.3 is 15.3 Å². The first-order valence-electron chi connectivity index (χ1n) is 8.04. The summed E-state index contributed by atoms with van der Waals surface area (Å²) in [6, 6.07) is 5.88. The molecule has 1 fully saturated rings. The van der Waals surface area contributed by atoms with Gasteiger partial charge in [-0.1, -0.05) is 12.1 Å². The Kier molecular flexibility index (Phi) is 4.32. The van der Waals surface area contributed by atoms with Crippen LogP contribution in [0, 0.1) is 5.92 Å². The number of rotatable bonds is 2. The van der Waals surface area contributed by atoms with Crippen molar-refractivity contribution in [1.29, 1.82) is 0 Å². The van der Waals surface area contributed by atoms with Crippen molar-refractivity contribution in [1.82, 2.24) is 4.90 Å². The predicted molar refractivity (Wildman–Crippen MR) is 84.0 cm³/mol. The van der Waals surface area contributed by atoms with Crippen LogP contribution in [0.1, 0.15) is 36.8 Å². The van der Waals surface area contributed by atoms with Crippen molar-refractivity contribution in [2.75, 3.05) is 18.4 Å². The number of urea groups is 1. The SMILES string of the molecule is O=C(O)C1CCCN(C(=O)Nc2cccc3c2CCCC3)C1. The van der Waals surface area contributed by atoms with Crippen molar-refractivity contribution in [3.05, 3.63) is 29.3 Å². The summed E-state index contributed by atoms with van der Waals surface area (Å²) >= 11 is 0. The van der Waals surface area contributed by atoms with Gasteiger partial charge in [0.05, 0.1) is 5.92 Å². The average molecular weight is 302 g/mol. The standard InChI is InChI=1S/C17H22N2O3/c20-16(21)13-7-4-10-19(11-13)17(22)18-15-9-3-6-12-5-1-2-8-14(12)15/h3,6,9,13H,1-2,4-5,7-8,10-11H2,(H,18,22)(H,20,21). The number of benzene rings is 1. The molecule has 1 aromatic carbocycles. The van der Waals surface area contributed by atoms with E-state index < -0.39 is 11.9 Å². The molecule has 1 aromatic rings. The van der Waals surface area contributed by atoms with E-state index in [1.54, 1.807) is 4.90 Å². The number of carboxylic acids is 1. The lowest BCUT2D eigenvalue weighted by atomic mass is 9.90. The van der Waals surface area contributed by atoms with Crippen LogP contribution in [-0.4, -0.2) is 35.1 Å². The Labute approximate surface area is 130 Å². The monoisotopic (exact) mass is 302 g/mol. The Morgan fingerprint density at radius 2 is 2.00 bits per heavy atom. The molecule has 1 heterocycles. The molecule has 0 radical (unpaired) electrons. The molecule has 5 nitrogen and oxygen atoms in total. The second-order valence-electron chi connectivity index (χ2n) is 6.20. The van der Waals surface area contributed by atoms with Crippen LogP contribution in [0.4, 0.5) is 10.5 Å². The molecule has 5 heteroatoms. The normalized spacial score (nSPS) is 21.1. The quantitative estimate of drug-likeness (QED) is 0.882. The Balaban J connectivity index is 1.70. The highest BCUT2D eigenvalue weighted by Gasteiger charge is 2.28. The van der Waals surface area contributed by atoms with E-state index >= 15 is 0 Å².